The molecule has 1 spiro atoms. The molecule has 10 nitrogen and oxygen atoms in total. The lowest BCUT2D eigenvalue weighted by Crippen LogP contribution is -2.58. The minimum absolute atomic E-state index is 0.0237. The molecule has 1 aromatic heterocycles. The Labute approximate surface area is 276 Å². The van der Waals surface area contributed by atoms with E-state index in [4.69, 9.17) is 23.7 Å². The van der Waals surface area contributed by atoms with Crippen molar-refractivity contribution in [1.82, 2.24) is 4.98 Å². The van der Waals surface area contributed by atoms with E-state index >= 15 is 0 Å². The number of allylic oxidation sites excluding steroid dienone is 4. The van der Waals surface area contributed by atoms with Crippen LogP contribution in [0.2, 0.25) is 0 Å². The van der Waals surface area contributed by atoms with Gasteiger partial charge in [0.2, 0.25) is 0 Å². The molecule has 0 unspecified atom stereocenters. The third kappa shape index (κ3) is 6.94. The molecule has 2 bridgehead atoms. The summed E-state index contributed by atoms with van der Waals surface area (Å²) < 4.78 is 31.2. The molecule has 1 aromatic rings. The average Bonchev–Trinajstić information content (AvgIpc) is 3.69. The molecule has 1 aliphatic carbocycles. The van der Waals surface area contributed by atoms with E-state index < -0.39 is 47.6 Å². The Kier molecular flexibility index (Phi) is 9.97. The molecular formula is C37H49NO9. The van der Waals surface area contributed by atoms with Crippen LogP contribution in [0.4, 0.5) is 0 Å². The lowest BCUT2D eigenvalue weighted by atomic mass is 9.70. The van der Waals surface area contributed by atoms with Gasteiger partial charge < -0.3 is 38.9 Å². The van der Waals surface area contributed by atoms with Crippen molar-refractivity contribution in [2.24, 2.45) is 17.8 Å². The van der Waals surface area contributed by atoms with Gasteiger partial charge in [-0.25, -0.2) is 4.79 Å². The summed E-state index contributed by atoms with van der Waals surface area (Å²) in [6, 6.07) is 3.27. The van der Waals surface area contributed by atoms with Crippen LogP contribution < -0.4 is 0 Å². The summed E-state index contributed by atoms with van der Waals surface area (Å²) in [5.74, 6) is -2.69. The Hall–Kier alpha value is -3.02. The van der Waals surface area contributed by atoms with Crippen molar-refractivity contribution < 1.29 is 43.5 Å². The van der Waals surface area contributed by atoms with E-state index in [1.54, 1.807) is 24.4 Å². The van der Waals surface area contributed by atoms with Gasteiger partial charge in [0.1, 0.15) is 42.1 Å². The molecule has 3 saturated heterocycles. The fourth-order valence-corrected chi connectivity index (χ4v) is 7.95. The molecule has 10 atom stereocenters. The molecule has 3 fully saturated rings. The zero-order valence-corrected chi connectivity index (χ0v) is 27.9. The molecule has 4 aliphatic heterocycles. The molecule has 47 heavy (non-hydrogen) atoms. The van der Waals surface area contributed by atoms with Crippen LogP contribution in [-0.2, 0) is 28.5 Å². The van der Waals surface area contributed by atoms with Crippen molar-refractivity contribution >= 4 is 11.9 Å². The van der Waals surface area contributed by atoms with Crippen molar-refractivity contribution in [2.75, 3.05) is 13.2 Å². The van der Waals surface area contributed by atoms with E-state index in [9.17, 15) is 19.8 Å². The fourth-order valence-electron chi connectivity index (χ4n) is 7.95. The molecule has 10 heteroatoms. The number of hydrogen-bond acceptors (Lipinski definition) is 9. The second-order valence-corrected chi connectivity index (χ2v) is 14.2. The number of carbonyl (C=O) groups excluding carboxylic acids is 2. The van der Waals surface area contributed by atoms with Crippen LogP contribution in [0.25, 0.3) is 0 Å². The number of aromatic amines is 1. The van der Waals surface area contributed by atoms with Gasteiger partial charge in [-0.3, -0.25) is 4.79 Å². The third-order valence-electron chi connectivity index (χ3n) is 10.6. The van der Waals surface area contributed by atoms with Gasteiger partial charge in [-0.1, -0.05) is 56.7 Å². The second kappa shape index (κ2) is 13.8. The van der Waals surface area contributed by atoms with Crippen molar-refractivity contribution in [1.29, 1.82) is 0 Å². The summed E-state index contributed by atoms with van der Waals surface area (Å²) in [7, 11) is 0. The maximum Gasteiger partial charge on any atom is 0.355 e. The summed E-state index contributed by atoms with van der Waals surface area (Å²) in [5.41, 5.74) is 0.380. The van der Waals surface area contributed by atoms with E-state index in [0.29, 0.717) is 37.2 Å². The molecular weight excluding hydrogens is 602 g/mol. The predicted molar refractivity (Wildman–Crippen MR) is 173 cm³/mol. The molecule has 0 radical (unpaired) electrons. The van der Waals surface area contributed by atoms with Gasteiger partial charge >= 0.3 is 11.9 Å². The highest BCUT2D eigenvalue weighted by Gasteiger charge is 2.60. The van der Waals surface area contributed by atoms with Crippen molar-refractivity contribution in [3.8, 4) is 0 Å². The number of fused-ring (bicyclic) bond motifs is 2. The van der Waals surface area contributed by atoms with Crippen LogP contribution >= 0.6 is 0 Å². The van der Waals surface area contributed by atoms with Crippen LogP contribution in [0.15, 0.2) is 65.4 Å². The Morgan fingerprint density at radius 2 is 2.04 bits per heavy atom. The monoisotopic (exact) mass is 651 g/mol. The van der Waals surface area contributed by atoms with Gasteiger partial charge in [0.25, 0.3) is 0 Å². The summed E-state index contributed by atoms with van der Waals surface area (Å²) in [4.78, 5) is 29.7. The Balaban J connectivity index is 1.34. The SMILES string of the molecule is CC[C@H]1O[C@]2(CC[C@@H]1C)C[C@@H]1C[C@@H](C/C=C(/C)C[C@@H](C)/C=C/C=C3\CO[C@@H]4[C@H](O)C(COC(=O)c5ccc[nH]5)=C[C@@H](C(=O)O1)[C@]34O)O2. The number of aliphatic hydroxyl groups excluding tert-OH is 1. The molecule has 0 amide bonds. The van der Waals surface area contributed by atoms with Crippen LogP contribution in [0, 0.1) is 17.8 Å². The standard InChI is InChI=1S/C37H49NO9/c1-5-31-24(4)13-14-36(47-31)19-28-18-27(46-36)12-11-23(3)16-22(2)8-6-9-26-21-43-33-32(39)25(17-29(34(40)45-28)37(26,33)42)20-44-35(41)30-10-7-15-38-30/h6-11,15,17,22,24,27-29,31-33,38-39,42H,5,12-14,16,18-21H2,1-4H3/b8-6+,23-11-,26-9+/t22-,24-,27+,28-,29-,31+,32+,33+,36+,37+/m0/s1. The number of rotatable bonds is 4. The van der Waals surface area contributed by atoms with Gasteiger partial charge in [-0.2, -0.15) is 0 Å². The number of hydrogen-bond donors (Lipinski definition) is 3. The highest BCUT2D eigenvalue weighted by Crippen LogP contribution is 2.47. The first-order valence-electron chi connectivity index (χ1n) is 17.1. The van der Waals surface area contributed by atoms with Gasteiger partial charge in [0.15, 0.2) is 5.79 Å². The van der Waals surface area contributed by atoms with E-state index in [2.05, 4.69) is 44.8 Å². The number of esters is 2. The van der Waals surface area contributed by atoms with E-state index in [0.717, 1.165) is 19.3 Å². The molecule has 5 aliphatic rings. The Morgan fingerprint density at radius 3 is 2.81 bits per heavy atom. The smallest absolute Gasteiger partial charge is 0.355 e. The summed E-state index contributed by atoms with van der Waals surface area (Å²) in [6.07, 6.45) is 12.8. The number of nitrogens with one attached hydrogen (secondary N) is 1. The lowest BCUT2D eigenvalue weighted by molar-refractivity contribution is -0.335. The van der Waals surface area contributed by atoms with Gasteiger partial charge in [-0.15, -0.1) is 0 Å². The highest BCUT2D eigenvalue weighted by atomic mass is 16.7. The minimum atomic E-state index is -1.86. The quantitative estimate of drug-likeness (QED) is 0.301. The third-order valence-corrected chi connectivity index (χ3v) is 10.6. The van der Waals surface area contributed by atoms with Crippen LogP contribution in [0.5, 0.6) is 0 Å². The largest absolute Gasteiger partial charge is 0.462 e. The van der Waals surface area contributed by atoms with Crippen LogP contribution in [-0.4, -0.2) is 82.3 Å². The molecule has 6 rings (SSSR count). The van der Waals surface area contributed by atoms with Gasteiger partial charge in [0.05, 0.1) is 18.8 Å². The van der Waals surface area contributed by atoms with Crippen LogP contribution in [0.1, 0.15) is 83.1 Å². The second-order valence-electron chi connectivity index (χ2n) is 14.2. The molecule has 3 N–H and O–H groups in total. The van der Waals surface area contributed by atoms with Crippen LogP contribution in [0.3, 0.4) is 0 Å². The minimum Gasteiger partial charge on any atom is -0.462 e. The first-order chi connectivity index (χ1) is 22.5. The Bertz CT molecular complexity index is 1430. The molecule has 256 valence electrons. The average molecular weight is 652 g/mol. The van der Waals surface area contributed by atoms with E-state index in [1.165, 1.54) is 11.6 Å². The van der Waals surface area contributed by atoms with Gasteiger partial charge in [-0.05, 0) is 67.7 Å². The number of ether oxygens (including phenoxy) is 5. The molecule has 0 aromatic carbocycles. The number of H-pyrrole nitrogens is 1. The normalized spacial score (nSPS) is 42.3. The number of aliphatic hydroxyl groups is 2. The van der Waals surface area contributed by atoms with Gasteiger partial charge in [0, 0.05) is 25.5 Å². The highest BCUT2D eigenvalue weighted by molar-refractivity contribution is 5.87. The van der Waals surface area contributed by atoms with Crippen molar-refractivity contribution in [3.05, 3.63) is 71.1 Å². The Morgan fingerprint density at radius 1 is 1.21 bits per heavy atom. The molecule has 5 heterocycles. The van der Waals surface area contributed by atoms with Crippen molar-refractivity contribution in [2.45, 2.75) is 115 Å². The summed E-state index contributed by atoms with van der Waals surface area (Å²) >= 11 is 0. The first-order valence-corrected chi connectivity index (χ1v) is 17.1. The maximum absolute atomic E-state index is 14.3. The zero-order valence-electron chi connectivity index (χ0n) is 27.9. The van der Waals surface area contributed by atoms with Crippen molar-refractivity contribution in [3.63, 3.8) is 0 Å². The summed E-state index contributed by atoms with van der Waals surface area (Å²) in [5, 5.41) is 23.7. The van der Waals surface area contributed by atoms with E-state index in [-0.39, 0.29) is 42.6 Å². The predicted octanol–water partition coefficient (Wildman–Crippen LogP) is 5.09. The summed E-state index contributed by atoms with van der Waals surface area (Å²) in [6.45, 7) is 8.32. The molecule has 0 saturated carbocycles. The number of carbonyl (C=O) groups is 2. The fraction of sp³-hybridized carbons (Fsp3) is 0.622. The number of aromatic nitrogens is 1. The first kappa shape index (κ1) is 33.9. The topological polar surface area (TPSA) is 137 Å². The lowest BCUT2D eigenvalue weighted by Gasteiger charge is -2.50. The zero-order chi connectivity index (χ0) is 33.3. The van der Waals surface area contributed by atoms with E-state index in [1.807, 2.05) is 6.08 Å². The maximum atomic E-state index is 14.3.